The standard InChI is InChI=1S/C13H16N2O3/c1-9(10(2)16)13-14-12(15-18-13)8-17-11-6-4-3-5-7-11/h3-7,9-10,16H,8H2,1-2H3. The number of aromatic nitrogens is 2. The fraction of sp³-hybridized carbons (Fsp3) is 0.385. The van der Waals surface area contributed by atoms with Gasteiger partial charge in [-0.15, -0.1) is 0 Å². The fourth-order valence-corrected chi connectivity index (χ4v) is 1.38. The lowest BCUT2D eigenvalue weighted by atomic mass is 10.1. The van der Waals surface area contributed by atoms with E-state index in [-0.39, 0.29) is 12.5 Å². The van der Waals surface area contributed by atoms with Crippen molar-refractivity contribution in [3.05, 3.63) is 42.0 Å². The van der Waals surface area contributed by atoms with E-state index in [1.165, 1.54) is 0 Å². The van der Waals surface area contributed by atoms with Crippen molar-refractivity contribution in [1.29, 1.82) is 0 Å². The molecule has 0 bridgehead atoms. The Kier molecular flexibility index (Phi) is 3.94. The Bertz CT molecular complexity index is 482. The Hall–Kier alpha value is -1.88. The summed E-state index contributed by atoms with van der Waals surface area (Å²) < 4.78 is 10.6. The van der Waals surface area contributed by atoms with Crippen molar-refractivity contribution in [3.63, 3.8) is 0 Å². The van der Waals surface area contributed by atoms with E-state index < -0.39 is 6.10 Å². The van der Waals surface area contributed by atoms with Crippen LogP contribution in [0.5, 0.6) is 5.75 Å². The maximum atomic E-state index is 9.43. The van der Waals surface area contributed by atoms with Crippen LogP contribution < -0.4 is 4.74 Å². The van der Waals surface area contributed by atoms with Gasteiger partial charge in [-0.05, 0) is 19.1 Å². The molecule has 0 amide bonds. The maximum absolute atomic E-state index is 9.43. The highest BCUT2D eigenvalue weighted by Gasteiger charge is 2.18. The molecule has 2 unspecified atom stereocenters. The molecule has 0 fully saturated rings. The van der Waals surface area contributed by atoms with Crippen LogP contribution in [0.1, 0.15) is 31.5 Å². The number of nitrogens with zero attached hydrogens (tertiary/aromatic N) is 2. The molecule has 1 heterocycles. The van der Waals surface area contributed by atoms with E-state index in [0.29, 0.717) is 11.7 Å². The average Bonchev–Trinajstić information content (AvgIpc) is 2.85. The van der Waals surface area contributed by atoms with Crippen molar-refractivity contribution < 1.29 is 14.4 Å². The molecular formula is C13H16N2O3. The van der Waals surface area contributed by atoms with Crippen LogP contribution in [0.15, 0.2) is 34.9 Å². The van der Waals surface area contributed by atoms with Gasteiger partial charge in [-0.25, -0.2) is 0 Å². The van der Waals surface area contributed by atoms with Crippen LogP contribution in [0.25, 0.3) is 0 Å². The molecule has 0 aliphatic heterocycles. The van der Waals surface area contributed by atoms with Gasteiger partial charge in [-0.2, -0.15) is 4.98 Å². The van der Waals surface area contributed by atoms with Gasteiger partial charge in [0.2, 0.25) is 11.7 Å². The van der Waals surface area contributed by atoms with Crippen molar-refractivity contribution in [2.45, 2.75) is 32.5 Å². The number of hydrogen-bond acceptors (Lipinski definition) is 5. The molecule has 1 aromatic carbocycles. The summed E-state index contributed by atoms with van der Waals surface area (Å²) in [5.74, 6) is 1.48. The zero-order valence-corrected chi connectivity index (χ0v) is 10.4. The van der Waals surface area contributed by atoms with E-state index in [1.54, 1.807) is 6.92 Å². The topological polar surface area (TPSA) is 68.4 Å². The van der Waals surface area contributed by atoms with E-state index in [9.17, 15) is 5.11 Å². The minimum absolute atomic E-state index is 0.178. The second kappa shape index (κ2) is 5.64. The highest BCUT2D eigenvalue weighted by atomic mass is 16.5. The van der Waals surface area contributed by atoms with E-state index in [4.69, 9.17) is 9.26 Å². The van der Waals surface area contributed by atoms with E-state index in [1.807, 2.05) is 37.3 Å². The summed E-state index contributed by atoms with van der Waals surface area (Å²) in [6.07, 6.45) is -0.520. The lowest BCUT2D eigenvalue weighted by molar-refractivity contribution is 0.151. The summed E-state index contributed by atoms with van der Waals surface area (Å²) in [6.45, 7) is 3.77. The number of aliphatic hydroxyl groups is 1. The molecule has 2 aromatic rings. The summed E-state index contributed by atoms with van der Waals surface area (Å²) in [5.41, 5.74) is 0. The van der Waals surface area contributed by atoms with Crippen LogP contribution in [-0.4, -0.2) is 21.4 Å². The first-order valence-electron chi connectivity index (χ1n) is 5.85. The smallest absolute Gasteiger partial charge is 0.232 e. The number of rotatable bonds is 5. The lowest BCUT2D eigenvalue weighted by Crippen LogP contribution is -2.11. The molecule has 0 aliphatic carbocycles. The SMILES string of the molecule is CC(O)C(C)c1nc(COc2ccccc2)no1. The molecule has 0 saturated carbocycles. The molecular weight excluding hydrogens is 232 g/mol. The van der Waals surface area contributed by atoms with Gasteiger partial charge in [0.1, 0.15) is 5.75 Å². The summed E-state index contributed by atoms with van der Waals surface area (Å²) in [7, 11) is 0. The predicted molar refractivity (Wildman–Crippen MR) is 65.2 cm³/mol. The monoisotopic (exact) mass is 248 g/mol. The van der Waals surface area contributed by atoms with Crippen molar-refractivity contribution in [3.8, 4) is 5.75 Å². The molecule has 2 atom stereocenters. The normalized spacial score (nSPS) is 14.2. The molecule has 18 heavy (non-hydrogen) atoms. The van der Waals surface area contributed by atoms with Gasteiger partial charge in [0.15, 0.2) is 6.61 Å². The minimum Gasteiger partial charge on any atom is -0.485 e. The molecule has 0 aliphatic rings. The Balaban J connectivity index is 1.95. The molecule has 0 saturated heterocycles. The van der Waals surface area contributed by atoms with Crippen molar-refractivity contribution >= 4 is 0 Å². The third-order valence-corrected chi connectivity index (χ3v) is 2.71. The van der Waals surface area contributed by atoms with Crippen LogP contribution in [0.2, 0.25) is 0 Å². The molecule has 0 spiro atoms. The van der Waals surface area contributed by atoms with Gasteiger partial charge in [-0.1, -0.05) is 30.3 Å². The van der Waals surface area contributed by atoms with Gasteiger partial charge in [0, 0.05) is 0 Å². The molecule has 2 rings (SSSR count). The molecule has 96 valence electrons. The number of para-hydroxylation sites is 1. The van der Waals surface area contributed by atoms with E-state index in [0.717, 1.165) is 5.75 Å². The fourth-order valence-electron chi connectivity index (χ4n) is 1.38. The van der Waals surface area contributed by atoms with Crippen LogP contribution in [0, 0.1) is 0 Å². The van der Waals surface area contributed by atoms with Crippen molar-refractivity contribution in [1.82, 2.24) is 10.1 Å². The summed E-state index contributed by atoms with van der Waals surface area (Å²) in [4.78, 5) is 4.18. The lowest BCUT2D eigenvalue weighted by Gasteiger charge is -2.08. The highest BCUT2D eigenvalue weighted by Crippen LogP contribution is 2.17. The quantitative estimate of drug-likeness (QED) is 0.877. The highest BCUT2D eigenvalue weighted by molar-refractivity contribution is 5.20. The molecule has 1 N–H and O–H groups in total. The molecule has 5 heteroatoms. The van der Waals surface area contributed by atoms with Crippen LogP contribution in [0.3, 0.4) is 0 Å². The first-order chi connectivity index (χ1) is 8.66. The second-order valence-corrected chi connectivity index (χ2v) is 4.18. The number of benzene rings is 1. The second-order valence-electron chi connectivity index (χ2n) is 4.18. The third-order valence-electron chi connectivity index (χ3n) is 2.71. The van der Waals surface area contributed by atoms with Gasteiger partial charge < -0.3 is 14.4 Å². The molecule has 1 aromatic heterocycles. The first-order valence-corrected chi connectivity index (χ1v) is 5.85. The number of aliphatic hydroxyl groups excluding tert-OH is 1. The molecule has 5 nitrogen and oxygen atoms in total. The first kappa shape index (κ1) is 12.6. The van der Waals surface area contributed by atoms with Gasteiger partial charge in [0.25, 0.3) is 0 Å². The van der Waals surface area contributed by atoms with Crippen LogP contribution >= 0.6 is 0 Å². The van der Waals surface area contributed by atoms with Crippen molar-refractivity contribution in [2.75, 3.05) is 0 Å². The largest absolute Gasteiger partial charge is 0.485 e. The summed E-state index contributed by atoms with van der Waals surface area (Å²) in [6, 6.07) is 9.43. The number of ether oxygens (including phenoxy) is 1. The van der Waals surface area contributed by atoms with Gasteiger partial charge in [0.05, 0.1) is 12.0 Å². The Morgan fingerprint density at radius 2 is 2.00 bits per heavy atom. The van der Waals surface area contributed by atoms with Crippen LogP contribution in [0.4, 0.5) is 0 Å². The van der Waals surface area contributed by atoms with Gasteiger partial charge in [-0.3, -0.25) is 0 Å². The summed E-state index contributed by atoms with van der Waals surface area (Å²) in [5, 5.41) is 13.2. The van der Waals surface area contributed by atoms with E-state index >= 15 is 0 Å². The van der Waals surface area contributed by atoms with Crippen molar-refractivity contribution in [2.24, 2.45) is 0 Å². The minimum atomic E-state index is -0.520. The molecule has 0 radical (unpaired) electrons. The average molecular weight is 248 g/mol. The zero-order valence-electron chi connectivity index (χ0n) is 10.4. The van der Waals surface area contributed by atoms with Gasteiger partial charge >= 0.3 is 0 Å². The Labute approximate surface area is 105 Å². The Morgan fingerprint density at radius 1 is 1.28 bits per heavy atom. The Morgan fingerprint density at radius 3 is 2.67 bits per heavy atom. The third kappa shape index (κ3) is 3.07. The number of hydrogen-bond donors (Lipinski definition) is 1. The summed E-state index contributed by atoms with van der Waals surface area (Å²) >= 11 is 0. The predicted octanol–water partition coefficient (Wildman–Crippen LogP) is 2.13. The van der Waals surface area contributed by atoms with E-state index in [2.05, 4.69) is 10.1 Å². The zero-order chi connectivity index (χ0) is 13.0. The van der Waals surface area contributed by atoms with Crippen LogP contribution in [-0.2, 0) is 6.61 Å². The maximum Gasteiger partial charge on any atom is 0.232 e.